The van der Waals surface area contributed by atoms with Gasteiger partial charge in [-0.2, -0.15) is 0 Å². The molecule has 6 nitrogen and oxygen atoms in total. The molecule has 1 saturated heterocycles. The number of rotatable bonds is 6. The Balaban J connectivity index is 1.93. The SMILES string of the molecule is COc1cc(NS(=O)(=O)CCN2CCNCC2)ccc1Cl. The Morgan fingerprint density at radius 2 is 2.10 bits per heavy atom. The number of nitrogens with one attached hydrogen (secondary N) is 2. The highest BCUT2D eigenvalue weighted by atomic mass is 35.5. The van der Waals surface area contributed by atoms with Crippen molar-refractivity contribution in [3.63, 3.8) is 0 Å². The normalized spacial score (nSPS) is 16.7. The first kappa shape index (κ1) is 16.4. The molecule has 8 heteroatoms. The first-order chi connectivity index (χ1) is 10.00. The summed E-state index contributed by atoms with van der Waals surface area (Å²) in [5, 5.41) is 3.68. The van der Waals surface area contributed by atoms with Crippen LogP contribution >= 0.6 is 11.6 Å². The van der Waals surface area contributed by atoms with Gasteiger partial charge in [-0.1, -0.05) is 11.6 Å². The number of sulfonamides is 1. The molecular formula is C13H20ClN3O3S. The van der Waals surface area contributed by atoms with E-state index >= 15 is 0 Å². The largest absolute Gasteiger partial charge is 0.495 e. The van der Waals surface area contributed by atoms with E-state index in [-0.39, 0.29) is 5.75 Å². The van der Waals surface area contributed by atoms with Crippen molar-refractivity contribution in [2.75, 3.05) is 50.3 Å². The number of ether oxygens (including phenoxy) is 1. The van der Waals surface area contributed by atoms with Gasteiger partial charge < -0.3 is 10.1 Å². The zero-order valence-electron chi connectivity index (χ0n) is 11.9. The zero-order chi connectivity index (χ0) is 15.3. The third kappa shape index (κ3) is 5.03. The summed E-state index contributed by atoms with van der Waals surface area (Å²) in [6.45, 7) is 4.10. The summed E-state index contributed by atoms with van der Waals surface area (Å²) >= 11 is 5.92. The van der Waals surface area contributed by atoms with E-state index in [4.69, 9.17) is 16.3 Å². The standard InChI is InChI=1S/C13H20ClN3O3S/c1-20-13-10-11(2-3-12(13)14)16-21(18,19)9-8-17-6-4-15-5-7-17/h2-3,10,15-16H,4-9H2,1H3. The van der Waals surface area contributed by atoms with Crippen molar-refractivity contribution in [2.45, 2.75) is 0 Å². The van der Waals surface area contributed by atoms with Gasteiger partial charge in [0.15, 0.2) is 0 Å². The van der Waals surface area contributed by atoms with Crippen molar-refractivity contribution < 1.29 is 13.2 Å². The molecule has 1 aliphatic rings. The summed E-state index contributed by atoms with van der Waals surface area (Å²) in [6.07, 6.45) is 0. The van der Waals surface area contributed by atoms with Gasteiger partial charge in [-0.15, -0.1) is 0 Å². The van der Waals surface area contributed by atoms with Crippen molar-refractivity contribution in [3.05, 3.63) is 23.2 Å². The average Bonchev–Trinajstić information content (AvgIpc) is 2.48. The molecule has 0 bridgehead atoms. The lowest BCUT2D eigenvalue weighted by molar-refractivity contribution is 0.254. The van der Waals surface area contributed by atoms with E-state index in [2.05, 4.69) is 14.9 Å². The number of hydrogen-bond acceptors (Lipinski definition) is 5. The monoisotopic (exact) mass is 333 g/mol. The highest BCUT2D eigenvalue weighted by Gasteiger charge is 2.16. The molecule has 1 heterocycles. The van der Waals surface area contributed by atoms with Gasteiger partial charge in [-0.05, 0) is 12.1 Å². The number of halogens is 1. The Kier molecular flexibility index (Phi) is 5.69. The van der Waals surface area contributed by atoms with Gasteiger partial charge in [0, 0.05) is 38.8 Å². The summed E-state index contributed by atoms with van der Waals surface area (Å²) in [5.41, 5.74) is 0.455. The molecule has 1 aromatic carbocycles. The van der Waals surface area contributed by atoms with Gasteiger partial charge in [-0.25, -0.2) is 8.42 Å². The van der Waals surface area contributed by atoms with Crippen molar-refractivity contribution in [2.24, 2.45) is 0 Å². The van der Waals surface area contributed by atoms with Crippen LogP contribution in [-0.4, -0.2) is 58.9 Å². The van der Waals surface area contributed by atoms with E-state index in [1.165, 1.54) is 7.11 Å². The number of nitrogens with zero attached hydrogens (tertiary/aromatic N) is 1. The minimum Gasteiger partial charge on any atom is -0.495 e. The van der Waals surface area contributed by atoms with Gasteiger partial charge in [0.2, 0.25) is 10.0 Å². The maximum Gasteiger partial charge on any atom is 0.233 e. The van der Waals surface area contributed by atoms with E-state index in [1.807, 2.05) is 0 Å². The van der Waals surface area contributed by atoms with Crippen LogP contribution in [0.25, 0.3) is 0 Å². The van der Waals surface area contributed by atoms with Crippen LogP contribution in [0.1, 0.15) is 0 Å². The fourth-order valence-electron chi connectivity index (χ4n) is 2.14. The van der Waals surface area contributed by atoms with Crippen LogP contribution in [0.3, 0.4) is 0 Å². The Labute approximate surface area is 130 Å². The van der Waals surface area contributed by atoms with Crippen molar-refractivity contribution in [3.8, 4) is 5.75 Å². The van der Waals surface area contributed by atoms with Crippen molar-refractivity contribution in [1.82, 2.24) is 10.2 Å². The third-order valence-corrected chi connectivity index (χ3v) is 4.89. The maximum atomic E-state index is 12.1. The lowest BCUT2D eigenvalue weighted by Crippen LogP contribution is -2.45. The topological polar surface area (TPSA) is 70.7 Å². The molecule has 0 amide bonds. The summed E-state index contributed by atoms with van der Waals surface area (Å²) < 4.78 is 31.8. The Hall–Kier alpha value is -1.02. The highest BCUT2D eigenvalue weighted by Crippen LogP contribution is 2.27. The zero-order valence-corrected chi connectivity index (χ0v) is 13.5. The van der Waals surface area contributed by atoms with E-state index in [1.54, 1.807) is 18.2 Å². The second-order valence-corrected chi connectivity index (χ2v) is 7.11. The molecule has 0 radical (unpaired) electrons. The molecule has 118 valence electrons. The number of benzene rings is 1. The molecule has 0 atom stereocenters. The van der Waals surface area contributed by atoms with Crippen LogP contribution in [0.5, 0.6) is 5.75 Å². The number of anilines is 1. The van der Waals surface area contributed by atoms with Gasteiger partial charge in [0.05, 0.1) is 23.6 Å². The van der Waals surface area contributed by atoms with E-state index < -0.39 is 10.0 Å². The fourth-order valence-corrected chi connectivity index (χ4v) is 3.42. The predicted octanol–water partition coefficient (Wildman–Crippen LogP) is 0.996. The molecule has 1 aromatic rings. The van der Waals surface area contributed by atoms with E-state index in [0.717, 1.165) is 26.2 Å². The summed E-state index contributed by atoms with van der Waals surface area (Å²) in [6, 6.07) is 4.80. The predicted molar refractivity (Wildman–Crippen MR) is 84.7 cm³/mol. The second kappa shape index (κ2) is 7.31. The van der Waals surface area contributed by atoms with Crippen molar-refractivity contribution >= 4 is 27.3 Å². The first-order valence-corrected chi connectivity index (χ1v) is 8.80. The number of methoxy groups -OCH3 is 1. The molecule has 0 aliphatic carbocycles. The number of piperazine rings is 1. The van der Waals surface area contributed by atoms with E-state index in [0.29, 0.717) is 23.0 Å². The fraction of sp³-hybridized carbons (Fsp3) is 0.538. The third-order valence-electron chi connectivity index (χ3n) is 3.31. The molecular weight excluding hydrogens is 314 g/mol. The van der Waals surface area contributed by atoms with Crippen LogP contribution in [0, 0.1) is 0 Å². The van der Waals surface area contributed by atoms with Crippen LogP contribution in [0.15, 0.2) is 18.2 Å². The molecule has 2 rings (SSSR count). The van der Waals surface area contributed by atoms with Crippen molar-refractivity contribution in [1.29, 1.82) is 0 Å². The molecule has 21 heavy (non-hydrogen) atoms. The molecule has 2 N–H and O–H groups in total. The van der Waals surface area contributed by atoms with Gasteiger partial charge in [-0.3, -0.25) is 9.62 Å². The Morgan fingerprint density at radius 1 is 1.38 bits per heavy atom. The van der Waals surface area contributed by atoms with Crippen LogP contribution in [0.4, 0.5) is 5.69 Å². The lowest BCUT2D eigenvalue weighted by Gasteiger charge is -2.26. The van der Waals surface area contributed by atoms with Crippen LogP contribution < -0.4 is 14.8 Å². The molecule has 0 spiro atoms. The average molecular weight is 334 g/mol. The first-order valence-electron chi connectivity index (χ1n) is 6.77. The summed E-state index contributed by atoms with van der Waals surface area (Å²) in [4.78, 5) is 2.14. The smallest absolute Gasteiger partial charge is 0.233 e. The minimum atomic E-state index is -3.38. The Bertz CT molecular complexity index is 574. The minimum absolute atomic E-state index is 0.0674. The second-order valence-electron chi connectivity index (χ2n) is 4.86. The summed E-state index contributed by atoms with van der Waals surface area (Å²) in [5.74, 6) is 0.511. The highest BCUT2D eigenvalue weighted by molar-refractivity contribution is 7.92. The molecule has 0 unspecified atom stereocenters. The molecule has 0 saturated carbocycles. The molecule has 1 aliphatic heterocycles. The van der Waals surface area contributed by atoms with Crippen LogP contribution in [-0.2, 0) is 10.0 Å². The molecule has 0 aromatic heterocycles. The summed E-state index contributed by atoms with van der Waals surface area (Å²) in [7, 11) is -1.89. The number of hydrogen-bond donors (Lipinski definition) is 2. The van der Waals surface area contributed by atoms with Gasteiger partial charge in [0.25, 0.3) is 0 Å². The maximum absolute atomic E-state index is 12.1. The lowest BCUT2D eigenvalue weighted by atomic mass is 10.3. The van der Waals surface area contributed by atoms with E-state index in [9.17, 15) is 8.42 Å². The van der Waals surface area contributed by atoms with Gasteiger partial charge >= 0.3 is 0 Å². The Morgan fingerprint density at radius 3 is 2.76 bits per heavy atom. The molecule has 1 fully saturated rings. The van der Waals surface area contributed by atoms with Crippen LogP contribution in [0.2, 0.25) is 5.02 Å². The quantitative estimate of drug-likeness (QED) is 0.812. The van der Waals surface area contributed by atoms with Gasteiger partial charge in [0.1, 0.15) is 5.75 Å².